The Balaban J connectivity index is 1.88. The van der Waals surface area contributed by atoms with Gasteiger partial charge in [0, 0.05) is 12.9 Å². The lowest BCUT2D eigenvalue weighted by molar-refractivity contribution is 0.0236. The van der Waals surface area contributed by atoms with Gasteiger partial charge in [-0.3, -0.25) is 4.99 Å². The highest BCUT2D eigenvalue weighted by molar-refractivity contribution is 8.06. The van der Waals surface area contributed by atoms with Crippen molar-refractivity contribution in [3.05, 3.63) is 41.5 Å². The minimum atomic E-state index is -3.55. The molecule has 2 unspecified atom stereocenters. The molecule has 2 aliphatic heterocycles. The van der Waals surface area contributed by atoms with E-state index in [0.717, 1.165) is 17.4 Å². The van der Waals surface area contributed by atoms with Crippen LogP contribution >= 0.6 is 0 Å². The van der Waals surface area contributed by atoms with E-state index in [2.05, 4.69) is 4.99 Å². The van der Waals surface area contributed by atoms with Gasteiger partial charge in [0.05, 0.1) is 22.3 Å². The smallest absolute Gasteiger partial charge is 0.192 e. The number of ether oxygens (including phenoxy) is 1. The summed E-state index contributed by atoms with van der Waals surface area (Å²) in [4.78, 5) is 4.36. The summed E-state index contributed by atoms with van der Waals surface area (Å²) >= 11 is 0. The number of aliphatic imine (C=N–C) groups is 1. The van der Waals surface area contributed by atoms with Gasteiger partial charge >= 0.3 is 0 Å². The number of rotatable bonds is 3. The molecule has 1 aromatic carbocycles. The van der Waals surface area contributed by atoms with Crippen LogP contribution < -0.4 is 0 Å². The van der Waals surface area contributed by atoms with Crippen molar-refractivity contribution in [3.63, 3.8) is 0 Å². The van der Waals surface area contributed by atoms with Gasteiger partial charge in [0.2, 0.25) is 0 Å². The molecule has 2 aliphatic rings. The average molecular weight is 398 g/mol. The van der Waals surface area contributed by atoms with Gasteiger partial charge in [0.25, 0.3) is 0 Å². The molecule has 26 heavy (non-hydrogen) atoms. The van der Waals surface area contributed by atoms with Gasteiger partial charge in [-0.05, 0) is 56.0 Å². The highest BCUT2D eigenvalue weighted by Crippen LogP contribution is 2.39. The predicted octanol–water partition coefficient (Wildman–Crippen LogP) is 2.09. The molecule has 1 aromatic rings. The van der Waals surface area contributed by atoms with Crippen LogP contribution in [0.15, 0.2) is 45.8 Å². The van der Waals surface area contributed by atoms with Crippen molar-refractivity contribution in [3.8, 4) is 0 Å². The molecule has 0 radical (unpaired) electrons. The van der Waals surface area contributed by atoms with Gasteiger partial charge < -0.3 is 4.74 Å². The molecule has 1 fully saturated rings. The average Bonchev–Trinajstić information content (AvgIpc) is 3.05. The van der Waals surface area contributed by atoms with Crippen molar-refractivity contribution in [2.75, 3.05) is 19.4 Å². The maximum absolute atomic E-state index is 13.2. The highest BCUT2D eigenvalue weighted by Gasteiger charge is 2.45. The summed E-state index contributed by atoms with van der Waals surface area (Å²) in [6, 6.07) is 6.91. The summed E-state index contributed by atoms with van der Waals surface area (Å²) in [5.41, 5.74) is 1.61. The Morgan fingerprint density at radius 3 is 2.58 bits per heavy atom. The van der Waals surface area contributed by atoms with Crippen LogP contribution in [0, 0.1) is 6.92 Å². The molecular formula is C18H23NO5S2. The fourth-order valence-electron chi connectivity index (χ4n) is 3.36. The minimum absolute atomic E-state index is 0.0323. The molecule has 0 bridgehead atoms. The lowest BCUT2D eigenvalue weighted by atomic mass is 9.92. The van der Waals surface area contributed by atoms with Crippen LogP contribution in [0.4, 0.5) is 0 Å². The summed E-state index contributed by atoms with van der Waals surface area (Å²) in [7, 11) is -6.93. The number of sulfone groups is 2. The van der Waals surface area contributed by atoms with Gasteiger partial charge in [-0.15, -0.1) is 0 Å². The van der Waals surface area contributed by atoms with Crippen molar-refractivity contribution < 1.29 is 21.6 Å². The van der Waals surface area contributed by atoms with Crippen molar-refractivity contribution in [1.29, 1.82) is 0 Å². The molecule has 0 amide bonds. The largest absolute Gasteiger partial charge is 0.374 e. The maximum Gasteiger partial charge on any atom is 0.192 e. The molecule has 0 spiro atoms. The standard InChI is InChI=1S/C18H23NO5S2/c1-13-5-4-6-15(9-13)26(22,23)18(2)7-8-24-16(11-18)14-10-17(19-12-14)25(3,20)21/h4-6,9-10,16H,7-8,11-12H2,1-3H3. The summed E-state index contributed by atoms with van der Waals surface area (Å²) in [6.07, 6.45) is 2.86. The van der Waals surface area contributed by atoms with Crippen LogP contribution in [-0.2, 0) is 24.4 Å². The third-order valence-electron chi connectivity index (χ3n) is 5.04. The summed E-state index contributed by atoms with van der Waals surface area (Å²) in [5, 5.41) is 0.0323. The fourth-order valence-corrected chi connectivity index (χ4v) is 5.91. The first-order chi connectivity index (χ1) is 12.0. The normalized spacial score (nSPS) is 27.1. The topological polar surface area (TPSA) is 89.9 Å². The molecule has 8 heteroatoms. The summed E-state index contributed by atoms with van der Waals surface area (Å²) in [6.45, 7) is 4.14. The van der Waals surface area contributed by atoms with E-state index in [1.54, 1.807) is 25.1 Å². The third kappa shape index (κ3) is 3.50. The monoisotopic (exact) mass is 397 g/mol. The SMILES string of the molecule is Cc1cccc(S(=O)(=O)C2(C)CCOC(C3=CC(S(C)(=O)=O)=NC3)C2)c1. The van der Waals surface area contributed by atoms with E-state index in [-0.39, 0.29) is 18.0 Å². The zero-order valence-corrected chi connectivity index (χ0v) is 16.7. The number of aryl methyl sites for hydroxylation is 1. The Kier molecular flexibility index (Phi) is 4.87. The van der Waals surface area contributed by atoms with Crippen LogP contribution in [0.5, 0.6) is 0 Å². The quantitative estimate of drug-likeness (QED) is 0.779. The Hall–Kier alpha value is -1.51. The van der Waals surface area contributed by atoms with Crippen molar-refractivity contribution in [2.24, 2.45) is 4.99 Å². The van der Waals surface area contributed by atoms with E-state index in [4.69, 9.17) is 4.74 Å². The lowest BCUT2D eigenvalue weighted by Gasteiger charge is -2.38. The molecule has 1 saturated heterocycles. The zero-order valence-electron chi connectivity index (χ0n) is 15.1. The Labute approximate surface area is 154 Å². The van der Waals surface area contributed by atoms with Crippen LogP contribution in [0.3, 0.4) is 0 Å². The van der Waals surface area contributed by atoms with E-state index in [9.17, 15) is 16.8 Å². The molecule has 0 N–H and O–H groups in total. The number of benzene rings is 1. The first kappa shape index (κ1) is 19.3. The third-order valence-corrected chi connectivity index (χ3v) is 8.59. The molecular weight excluding hydrogens is 374 g/mol. The molecule has 2 heterocycles. The second kappa shape index (κ2) is 6.58. The highest BCUT2D eigenvalue weighted by atomic mass is 32.2. The van der Waals surface area contributed by atoms with E-state index < -0.39 is 30.5 Å². The molecule has 0 aromatic heterocycles. The molecule has 3 rings (SSSR count). The van der Waals surface area contributed by atoms with Crippen molar-refractivity contribution in [1.82, 2.24) is 0 Å². The second-order valence-electron chi connectivity index (χ2n) is 7.23. The van der Waals surface area contributed by atoms with Crippen LogP contribution in [-0.4, -0.2) is 52.1 Å². The zero-order chi connectivity index (χ0) is 19.2. The lowest BCUT2D eigenvalue weighted by Crippen LogP contribution is -2.45. The van der Waals surface area contributed by atoms with Gasteiger partial charge in [-0.1, -0.05) is 12.1 Å². The molecule has 2 atom stereocenters. The number of nitrogens with zero attached hydrogens (tertiary/aromatic N) is 1. The number of hydrogen-bond acceptors (Lipinski definition) is 6. The number of hydrogen-bond donors (Lipinski definition) is 0. The van der Waals surface area contributed by atoms with E-state index in [1.165, 1.54) is 6.08 Å². The molecule has 0 saturated carbocycles. The first-order valence-electron chi connectivity index (χ1n) is 8.41. The first-order valence-corrected chi connectivity index (χ1v) is 11.8. The van der Waals surface area contributed by atoms with Gasteiger partial charge in [0.15, 0.2) is 19.7 Å². The minimum Gasteiger partial charge on any atom is -0.374 e. The Morgan fingerprint density at radius 2 is 1.96 bits per heavy atom. The van der Waals surface area contributed by atoms with Crippen LogP contribution in [0.25, 0.3) is 0 Å². The van der Waals surface area contributed by atoms with E-state index in [0.29, 0.717) is 17.9 Å². The Bertz CT molecular complexity index is 992. The van der Waals surface area contributed by atoms with Crippen molar-refractivity contribution in [2.45, 2.75) is 42.4 Å². The Morgan fingerprint density at radius 1 is 1.23 bits per heavy atom. The molecule has 6 nitrogen and oxygen atoms in total. The van der Waals surface area contributed by atoms with Crippen LogP contribution in [0.2, 0.25) is 0 Å². The van der Waals surface area contributed by atoms with Gasteiger partial charge in [-0.25, -0.2) is 16.8 Å². The molecule has 142 valence electrons. The van der Waals surface area contributed by atoms with Crippen molar-refractivity contribution >= 4 is 24.7 Å². The molecule has 0 aliphatic carbocycles. The fraction of sp³-hybridized carbons (Fsp3) is 0.500. The van der Waals surface area contributed by atoms with Gasteiger partial charge in [-0.2, -0.15) is 0 Å². The van der Waals surface area contributed by atoms with Crippen LogP contribution in [0.1, 0.15) is 25.3 Å². The summed E-state index contributed by atoms with van der Waals surface area (Å²) in [5.74, 6) is 0. The summed E-state index contributed by atoms with van der Waals surface area (Å²) < 4.78 is 54.6. The second-order valence-corrected chi connectivity index (χ2v) is 11.7. The van der Waals surface area contributed by atoms with E-state index >= 15 is 0 Å². The maximum atomic E-state index is 13.2. The van der Waals surface area contributed by atoms with E-state index in [1.807, 2.05) is 13.0 Å². The predicted molar refractivity (Wildman–Crippen MR) is 101 cm³/mol. The van der Waals surface area contributed by atoms with Gasteiger partial charge in [0.1, 0.15) is 5.04 Å².